The molecule has 1 aromatic carbocycles. The molecule has 0 saturated heterocycles. The zero-order valence-corrected chi connectivity index (χ0v) is 16.4. The molecule has 1 heterocycles. The molecule has 0 aliphatic heterocycles. The van der Waals surface area contributed by atoms with E-state index in [2.05, 4.69) is 10.3 Å². The number of thioether (sulfide) groups is 1. The maximum absolute atomic E-state index is 12.2. The second kappa shape index (κ2) is 7.98. The highest BCUT2D eigenvalue weighted by Crippen LogP contribution is 2.26. The molecule has 26 heavy (non-hydrogen) atoms. The van der Waals surface area contributed by atoms with E-state index < -0.39 is 10.0 Å². The minimum atomic E-state index is -3.77. The molecular weight excluding hydrogens is 372 g/mol. The number of imidazole rings is 1. The molecular formula is C17H24N4O3S2. The van der Waals surface area contributed by atoms with Crippen molar-refractivity contribution in [2.24, 2.45) is 5.14 Å². The van der Waals surface area contributed by atoms with Gasteiger partial charge < -0.3 is 9.88 Å². The van der Waals surface area contributed by atoms with Gasteiger partial charge in [-0.05, 0) is 38.0 Å². The van der Waals surface area contributed by atoms with E-state index in [1.165, 1.54) is 43.2 Å². The van der Waals surface area contributed by atoms with Gasteiger partial charge in [-0.1, -0.05) is 31.0 Å². The van der Waals surface area contributed by atoms with Crippen LogP contribution in [0, 0.1) is 0 Å². The predicted octanol–water partition coefficient (Wildman–Crippen LogP) is 2.24. The Labute approximate surface area is 157 Å². The first-order chi connectivity index (χ1) is 12.4. The first kappa shape index (κ1) is 19.2. The van der Waals surface area contributed by atoms with E-state index in [4.69, 9.17) is 5.14 Å². The molecule has 0 bridgehead atoms. The van der Waals surface area contributed by atoms with Gasteiger partial charge in [-0.15, -0.1) is 0 Å². The summed E-state index contributed by atoms with van der Waals surface area (Å²) in [7, 11) is -3.77. The van der Waals surface area contributed by atoms with Crippen LogP contribution < -0.4 is 10.5 Å². The van der Waals surface area contributed by atoms with Crippen LogP contribution in [0.4, 0.5) is 0 Å². The fourth-order valence-corrected chi connectivity index (χ4v) is 4.75. The lowest BCUT2D eigenvalue weighted by molar-refractivity contribution is -0.119. The molecule has 0 atom stereocenters. The molecule has 1 aliphatic carbocycles. The van der Waals surface area contributed by atoms with Crippen LogP contribution in [-0.2, 0) is 21.4 Å². The summed E-state index contributed by atoms with van der Waals surface area (Å²) in [5.74, 6) is 0.309. The van der Waals surface area contributed by atoms with E-state index >= 15 is 0 Å². The van der Waals surface area contributed by atoms with Crippen molar-refractivity contribution in [3.05, 3.63) is 18.2 Å². The number of nitrogens with zero attached hydrogens (tertiary/aromatic N) is 2. The Kier molecular flexibility index (Phi) is 5.89. The van der Waals surface area contributed by atoms with Crippen molar-refractivity contribution < 1.29 is 13.2 Å². The molecule has 7 nitrogen and oxygen atoms in total. The third-order valence-corrected chi connectivity index (χ3v) is 6.52. The molecule has 1 amide bonds. The second-order valence-corrected chi connectivity index (χ2v) is 9.03. The van der Waals surface area contributed by atoms with Gasteiger partial charge in [0.2, 0.25) is 15.9 Å². The van der Waals surface area contributed by atoms with Crippen molar-refractivity contribution >= 4 is 38.7 Å². The van der Waals surface area contributed by atoms with Gasteiger partial charge in [-0.2, -0.15) is 0 Å². The highest BCUT2D eigenvalue weighted by molar-refractivity contribution is 7.99. The van der Waals surface area contributed by atoms with Crippen molar-refractivity contribution in [1.82, 2.24) is 14.9 Å². The number of carbonyl (C=O) groups is 1. The normalized spacial score (nSPS) is 16.1. The molecule has 0 radical (unpaired) electrons. The van der Waals surface area contributed by atoms with Gasteiger partial charge in [0.15, 0.2) is 5.16 Å². The highest BCUT2D eigenvalue weighted by Gasteiger charge is 2.18. The average molecular weight is 397 g/mol. The van der Waals surface area contributed by atoms with Crippen molar-refractivity contribution in [3.8, 4) is 0 Å². The summed E-state index contributed by atoms with van der Waals surface area (Å²) in [6.45, 7) is 2.67. The van der Waals surface area contributed by atoms with Crippen molar-refractivity contribution in [1.29, 1.82) is 0 Å². The average Bonchev–Trinajstić information content (AvgIpc) is 2.96. The molecule has 1 fully saturated rings. The number of primary sulfonamides is 1. The number of rotatable bonds is 6. The molecule has 3 N–H and O–H groups in total. The monoisotopic (exact) mass is 396 g/mol. The van der Waals surface area contributed by atoms with Crippen LogP contribution in [0.1, 0.15) is 39.0 Å². The largest absolute Gasteiger partial charge is 0.353 e. The lowest BCUT2D eigenvalue weighted by Crippen LogP contribution is -2.37. The van der Waals surface area contributed by atoms with Crippen LogP contribution in [0.5, 0.6) is 0 Å². The summed E-state index contributed by atoms with van der Waals surface area (Å²) in [5, 5.41) is 8.99. The van der Waals surface area contributed by atoms with Crippen LogP contribution in [0.3, 0.4) is 0 Å². The predicted molar refractivity (Wildman–Crippen MR) is 103 cm³/mol. The molecule has 1 aliphatic rings. The number of amides is 1. The van der Waals surface area contributed by atoms with Gasteiger partial charge in [0.1, 0.15) is 0 Å². The van der Waals surface area contributed by atoms with Crippen LogP contribution in [0.15, 0.2) is 28.3 Å². The number of hydrogen-bond acceptors (Lipinski definition) is 5. The van der Waals surface area contributed by atoms with E-state index in [1.54, 1.807) is 6.07 Å². The Bertz CT molecular complexity index is 902. The van der Waals surface area contributed by atoms with Gasteiger partial charge in [0, 0.05) is 12.6 Å². The van der Waals surface area contributed by atoms with Crippen molar-refractivity contribution in [2.45, 2.75) is 61.7 Å². The number of hydrogen-bond donors (Lipinski definition) is 2. The minimum absolute atomic E-state index is 0.0156. The standard InChI is InChI=1S/C17H24N4O3S2/c1-2-21-15-9-8-13(26(18,23)24)10-14(15)20-17(21)25-11-16(22)19-12-6-4-3-5-7-12/h8-10,12H,2-7,11H2,1H3,(H,19,22)(H2,18,23,24). The van der Waals surface area contributed by atoms with Crippen LogP contribution in [0.2, 0.25) is 0 Å². The second-order valence-electron chi connectivity index (χ2n) is 6.53. The van der Waals surface area contributed by atoms with Crippen molar-refractivity contribution in [2.75, 3.05) is 5.75 Å². The lowest BCUT2D eigenvalue weighted by Gasteiger charge is -2.22. The fraction of sp³-hybridized carbons (Fsp3) is 0.529. The molecule has 1 saturated carbocycles. The minimum Gasteiger partial charge on any atom is -0.353 e. The summed E-state index contributed by atoms with van der Waals surface area (Å²) >= 11 is 1.37. The van der Waals surface area contributed by atoms with Crippen molar-refractivity contribution in [3.63, 3.8) is 0 Å². The van der Waals surface area contributed by atoms with Crippen LogP contribution in [-0.4, -0.2) is 35.7 Å². The fourth-order valence-electron chi connectivity index (χ4n) is 3.33. The number of nitrogens with one attached hydrogen (secondary N) is 1. The van der Waals surface area contributed by atoms with Gasteiger partial charge in [-0.25, -0.2) is 18.5 Å². The maximum Gasteiger partial charge on any atom is 0.238 e. The van der Waals surface area contributed by atoms with Gasteiger partial charge >= 0.3 is 0 Å². The molecule has 142 valence electrons. The third-order valence-electron chi connectivity index (χ3n) is 4.63. The Morgan fingerprint density at radius 1 is 1.35 bits per heavy atom. The van der Waals surface area contributed by atoms with Gasteiger partial charge in [0.25, 0.3) is 0 Å². The maximum atomic E-state index is 12.2. The number of carbonyl (C=O) groups excluding carboxylic acids is 1. The summed E-state index contributed by atoms with van der Waals surface area (Å²) in [4.78, 5) is 16.8. The Morgan fingerprint density at radius 3 is 2.73 bits per heavy atom. The highest BCUT2D eigenvalue weighted by atomic mass is 32.2. The Hall–Kier alpha value is -1.58. The Morgan fingerprint density at radius 2 is 2.08 bits per heavy atom. The van der Waals surface area contributed by atoms with Gasteiger partial charge in [0.05, 0.1) is 21.7 Å². The number of sulfonamides is 1. The third kappa shape index (κ3) is 4.39. The zero-order chi connectivity index (χ0) is 18.7. The Balaban J connectivity index is 1.73. The molecule has 3 rings (SSSR count). The number of aromatic nitrogens is 2. The molecule has 0 spiro atoms. The molecule has 1 aromatic heterocycles. The molecule has 2 aromatic rings. The first-order valence-corrected chi connectivity index (χ1v) is 11.4. The summed E-state index contributed by atoms with van der Waals surface area (Å²) in [6, 6.07) is 4.95. The van der Waals surface area contributed by atoms with E-state index in [0.29, 0.717) is 29.0 Å². The van der Waals surface area contributed by atoms with Gasteiger partial charge in [-0.3, -0.25) is 4.79 Å². The number of fused-ring (bicyclic) bond motifs is 1. The summed E-state index contributed by atoms with van der Waals surface area (Å²) in [5.41, 5.74) is 1.39. The molecule has 9 heteroatoms. The van der Waals surface area contributed by atoms with Crippen LogP contribution in [0.25, 0.3) is 11.0 Å². The van der Waals surface area contributed by atoms with E-state index in [0.717, 1.165) is 18.4 Å². The van der Waals surface area contributed by atoms with E-state index in [1.807, 2.05) is 11.5 Å². The summed E-state index contributed by atoms with van der Waals surface area (Å²) in [6.07, 6.45) is 5.72. The quantitative estimate of drug-likeness (QED) is 0.728. The van der Waals surface area contributed by atoms with Crippen LogP contribution >= 0.6 is 11.8 Å². The number of benzene rings is 1. The van der Waals surface area contributed by atoms with E-state index in [-0.39, 0.29) is 10.8 Å². The molecule has 0 unspecified atom stereocenters. The first-order valence-electron chi connectivity index (χ1n) is 8.83. The lowest BCUT2D eigenvalue weighted by atomic mass is 9.95. The number of aryl methyl sites for hydroxylation is 1. The smallest absolute Gasteiger partial charge is 0.238 e. The summed E-state index contributed by atoms with van der Waals surface area (Å²) < 4.78 is 25.0. The zero-order valence-electron chi connectivity index (χ0n) is 14.8. The SMILES string of the molecule is CCn1c(SCC(=O)NC2CCCCC2)nc2cc(S(N)(=O)=O)ccc21. The topological polar surface area (TPSA) is 107 Å². The van der Waals surface area contributed by atoms with E-state index in [9.17, 15) is 13.2 Å². The number of nitrogens with two attached hydrogens (primary N) is 1.